The maximum Gasteiger partial charge on any atom is 0.0988 e. The van der Waals surface area contributed by atoms with Crippen LogP contribution < -0.4 is 0 Å². The van der Waals surface area contributed by atoms with Gasteiger partial charge in [0.05, 0.1) is 15.7 Å². The molecule has 0 saturated carbocycles. The molecule has 0 aliphatic heterocycles. The molecule has 0 radical (unpaired) electrons. The lowest BCUT2D eigenvalue weighted by Gasteiger charge is -2.28. The van der Waals surface area contributed by atoms with Gasteiger partial charge in [-0.2, -0.15) is 0 Å². The molecule has 0 unspecified atom stereocenters. The summed E-state index contributed by atoms with van der Waals surface area (Å²) in [6.45, 7) is 9.16. The van der Waals surface area contributed by atoms with E-state index in [1.807, 2.05) is 0 Å². The smallest absolute Gasteiger partial charge is 0.0867 e. The van der Waals surface area contributed by atoms with Crippen LogP contribution in [0.15, 0.2) is 0 Å². The van der Waals surface area contributed by atoms with Gasteiger partial charge in [-0.1, -0.05) is 39.3 Å². The third-order valence-corrected chi connectivity index (χ3v) is 1.06. The Bertz CT molecular complexity index is 72.1. The molecule has 0 N–H and O–H groups in total. The van der Waals surface area contributed by atoms with Crippen LogP contribution in [0.4, 0.5) is 0 Å². The molecule has 0 spiro atoms. The fourth-order valence-corrected chi connectivity index (χ4v) is 1.59. The van der Waals surface area contributed by atoms with Gasteiger partial charge in [0.15, 0.2) is 0 Å². The van der Waals surface area contributed by atoms with Gasteiger partial charge in [-0.15, -0.1) is 0 Å². The molecule has 0 saturated heterocycles. The molecule has 52 valence electrons. The van der Waals surface area contributed by atoms with Crippen molar-refractivity contribution in [3.8, 4) is 0 Å². The molecule has 0 nitrogen and oxygen atoms in total. The molecule has 0 amide bonds. The van der Waals surface area contributed by atoms with Gasteiger partial charge in [0.1, 0.15) is 0 Å². The first-order valence-electron chi connectivity index (χ1n) is 3.71. The zero-order valence-electron chi connectivity index (χ0n) is 7.71. The Morgan fingerprint density at radius 2 is 1.33 bits per heavy atom. The van der Waals surface area contributed by atoms with Crippen LogP contribution in [-0.2, 0) is 0 Å². The zero-order chi connectivity index (χ0) is 7.71. The van der Waals surface area contributed by atoms with Crippen LogP contribution in [0.3, 0.4) is 0 Å². The predicted octanol–water partition coefficient (Wildman–Crippen LogP) is 0.825. The molecule has 0 aromatic rings. The van der Waals surface area contributed by atoms with Gasteiger partial charge in [-0.05, 0) is 5.41 Å². The van der Waals surface area contributed by atoms with Crippen molar-refractivity contribution in [1.29, 1.82) is 0 Å². The minimum Gasteiger partial charge on any atom is -0.0867 e. The van der Waals surface area contributed by atoms with E-state index >= 15 is 0 Å². The molecule has 0 aliphatic carbocycles. The van der Waals surface area contributed by atoms with Gasteiger partial charge in [0, 0.05) is 0 Å². The molecular formula is C7H18B2. The fraction of sp³-hybridized carbons (Fsp3) is 1.00. The third-order valence-electron chi connectivity index (χ3n) is 1.06. The number of hydrogen-bond acceptors (Lipinski definition) is 0. The highest BCUT2D eigenvalue weighted by molar-refractivity contribution is 6.39. The molecule has 2 heteroatoms. The van der Waals surface area contributed by atoms with Crippen LogP contribution in [0.5, 0.6) is 0 Å². The van der Waals surface area contributed by atoms with Crippen LogP contribution in [0, 0.1) is 5.41 Å². The Morgan fingerprint density at radius 3 is 1.33 bits per heavy atom. The van der Waals surface area contributed by atoms with E-state index < -0.39 is 0 Å². The van der Waals surface area contributed by atoms with Gasteiger partial charge in [-0.3, -0.25) is 0 Å². The standard InChI is InChI=1S/C7H18B2/c1-6(2,3)5-7(4,8)9/h5,8-9H2,1-4H3. The van der Waals surface area contributed by atoms with E-state index in [0.29, 0.717) is 10.6 Å². The maximum absolute atomic E-state index is 2.29. The summed E-state index contributed by atoms with van der Waals surface area (Å²) < 4.78 is 0. The summed E-state index contributed by atoms with van der Waals surface area (Å²) in [6.07, 6.45) is 1.29. The topological polar surface area (TPSA) is 0 Å². The molecule has 9 heavy (non-hydrogen) atoms. The number of hydrogen-bond donors (Lipinski definition) is 0. The van der Waals surface area contributed by atoms with Crippen molar-refractivity contribution in [3.63, 3.8) is 0 Å². The first-order chi connectivity index (χ1) is 3.71. The van der Waals surface area contributed by atoms with E-state index in [4.69, 9.17) is 0 Å². The summed E-state index contributed by atoms with van der Waals surface area (Å²) in [7, 11) is 4.58. The second-order valence-corrected chi connectivity index (χ2v) is 5.30. The second-order valence-electron chi connectivity index (χ2n) is 5.30. The Morgan fingerprint density at radius 1 is 1.00 bits per heavy atom. The number of rotatable bonds is 1. The summed E-state index contributed by atoms with van der Waals surface area (Å²) in [5, 5.41) is 0.484. The van der Waals surface area contributed by atoms with E-state index in [1.165, 1.54) is 6.42 Å². The Hall–Kier alpha value is 0.130. The van der Waals surface area contributed by atoms with Gasteiger partial charge >= 0.3 is 0 Å². The average Bonchev–Trinajstić information content (AvgIpc) is 1.14. The molecular weight excluding hydrogens is 106 g/mol. The summed E-state index contributed by atoms with van der Waals surface area (Å²) in [6, 6.07) is 0. The molecule has 0 rings (SSSR count). The van der Waals surface area contributed by atoms with Crippen LogP contribution in [0.2, 0.25) is 5.21 Å². The normalized spacial score (nSPS) is 13.8. The summed E-state index contributed by atoms with van der Waals surface area (Å²) in [5.74, 6) is 0. The maximum atomic E-state index is 2.29. The highest BCUT2D eigenvalue weighted by Crippen LogP contribution is 2.32. The summed E-state index contributed by atoms with van der Waals surface area (Å²) in [5.41, 5.74) is 0.484. The lowest BCUT2D eigenvalue weighted by molar-refractivity contribution is 0.359. The molecule has 0 aliphatic rings. The second kappa shape index (κ2) is 2.40. The van der Waals surface area contributed by atoms with Gasteiger partial charge in [-0.25, -0.2) is 0 Å². The van der Waals surface area contributed by atoms with Crippen molar-refractivity contribution in [2.45, 2.75) is 39.3 Å². The quantitative estimate of drug-likeness (QED) is 0.454. The van der Waals surface area contributed by atoms with Crippen molar-refractivity contribution in [2.75, 3.05) is 0 Å². The van der Waals surface area contributed by atoms with Crippen molar-refractivity contribution >= 4 is 15.7 Å². The summed E-state index contributed by atoms with van der Waals surface area (Å²) >= 11 is 0. The summed E-state index contributed by atoms with van der Waals surface area (Å²) in [4.78, 5) is 0. The highest BCUT2D eigenvalue weighted by atomic mass is 14.2. The van der Waals surface area contributed by atoms with Crippen molar-refractivity contribution < 1.29 is 0 Å². The lowest BCUT2D eigenvalue weighted by Crippen LogP contribution is -2.17. The molecule has 0 aromatic heterocycles. The molecule has 0 fully saturated rings. The fourth-order valence-electron chi connectivity index (χ4n) is 1.59. The molecule has 0 aromatic carbocycles. The van der Waals surface area contributed by atoms with Crippen molar-refractivity contribution in [2.24, 2.45) is 5.41 Å². The van der Waals surface area contributed by atoms with E-state index in [0.717, 1.165) is 0 Å². The largest absolute Gasteiger partial charge is 0.0988 e. The van der Waals surface area contributed by atoms with Gasteiger partial charge < -0.3 is 0 Å². The van der Waals surface area contributed by atoms with Crippen molar-refractivity contribution in [3.05, 3.63) is 0 Å². The minimum atomic E-state index is 0.484. The molecule has 0 atom stereocenters. The lowest BCUT2D eigenvalue weighted by atomic mass is 9.51. The minimum absolute atomic E-state index is 0.484. The molecule has 0 bridgehead atoms. The monoisotopic (exact) mass is 124 g/mol. The predicted molar refractivity (Wildman–Crippen MR) is 49.5 cm³/mol. The first-order valence-corrected chi connectivity index (χ1v) is 3.71. The first kappa shape index (κ1) is 9.13. The van der Waals surface area contributed by atoms with Crippen LogP contribution in [0.25, 0.3) is 0 Å². The SMILES string of the molecule is BC(B)(C)CC(C)(C)C. The van der Waals surface area contributed by atoms with Crippen LogP contribution in [0.1, 0.15) is 34.1 Å². The van der Waals surface area contributed by atoms with Gasteiger partial charge in [0.2, 0.25) is 0 Å². The van der Waals surface area contributed by atoms with Crippen LogP contribution in [-0.4, -0.2) is 15.7 Å². The zero-order valence-corrected chi connectivity index (χ0v) is 7.71. The Balaban J connectivity index is 3.75. The Labute approximate surface area is 61.2 Å². The third kappa shape index (κ3) is 8.13. The Kier molecular flexibility index (Phi) is 2.43. The molecule has 0 heterocycles. The van der Waals surface area contributed by atoms with Crippen molar-refractivity contribution in [1.82, 2.24) is 0 Å². The van der Waals surface area contributed by atoms with E-state index in [9.17, 15) is 0 Å². The van der Waals surface area contributed by atoms with E-state index in [-0.39, 0.29) is 0 Å². The van der Waals surface area contributed by atoms with Crippen LogP contribution >= 0.6 is 0 Å². The highest BCUT2D eigenvalue weighted by Gasteiger charge is 2.20. The van der Waals surface area contributed by atoms with E-state index in [1.54, 1.807) is 0 Å². The van der Waals surface area contributed by atoms with Gasteiger partial charge in [0.25, 0.3) is 0 Å². The average molecular weight is 124 g/mol. The van der Waals surface area contributed by atoms with E-state index in [2.05, 4.69) is 43.4 Å².